The number of nitrogens with zero attached hydrogens (tertiary/aromatic N) is 3. The van der Waals surface area contributed by atoms with E-state index in [0.717, 1.165) is 16.7 Å². The molecule has 2 aromatic carbocycles. The Balaban J connectivity index is 1.59. The van der Waals surface area contributed by atoms with Gasteiger partial charge in [-0.3, -0.25) is 9.69 Å². The van der Waals surface area contributed by atoms with Crippen LogP contribution in [0.4, 0.5) is 0 Å². The zero-order valence-electron chi connectivity index (χ0n) is 19.4. The Labute approximate surface area is 208 Å². The minimum absolute atomic E-state index is 0.0503. The Bertz CT molecular complexity index is 1300. The predicted molar refractivity (Wildman–Crippen MR) is 140 cm³/mol. The molecule has 178 valence electrons. The predicted octanol–water partition coefficient (Wildman–Crippen LogP) is 5.95. The number of furan rings is 1. The third kappa shape index (κ3) is 6.30. The maximum Gasteiger partial charge on any atom is 0.267 e. The Morgan fingerprint density at radius 3 is 2.71 bits per heavy atom. The van der Waals surface area contributed by atoms with Crippen molar-refractivity contribution in [3.63, 3.8) is 0 Å². The van der Waals surface area contributed by atoms with Crippen LogP contribution in [0, 0.1) is 0 Å². The molecule has 1 aliphatic rings. The van der Waals surface area contributed by atoms with Crippen molar-refractivity contribution in [2.24, 2.45) is 10.2 Å². The largest absolute Gasteiger partial charge is 0.504 e. The van der Waals surface area contributed by atoms with Crippen LogP contribution in [-0.4, -0.2) is 33.9 Å². The summed E-state index contributed by atoms with van der Waals surface area (Å²) in [6.45, 7) is 4.44. The zero-order valence-corrected chi connectivity index (χ0v) is 20.2. The number of hydrogen-bond acceptors (Lipinski definition) is 7. The first-order chi connectivity index (χ1) is 17.0. The van der Waals surface area contributed by atoms with Gasteiger partial charge in [-0.25, -0.2) is 0 Å². The van der Waals surface area contributed by atoms with Gasteiger partial charge in [0, 0.05) is 0 Å². The third-order valence-corrected chi connectivity index (χ3v) is 5.96. The van der Waals surface area contributed by atoms with Gasteiger partial charge in [0.1, 0.15) is 5.76 Å². The third-order valence-electron chi connectivity index (χ3n) is 4.96. The lowest BCUT2D eigenvalue weighted by molar-refractivity contribution is -0.122. The van der Waals surface area contributed by atoms with Gasteiger partial charge in [-0.2, -0.15) is 5.10 Å². The Kier molecular flexibility index (Phi) is 7.84. The number of aromatic hydroxyl groups is 1. The van der Waals surface area contributed by atoms with Crippen molar-refractivity contribution in [2.45, 2.75) is 20.4 Å². The van der Waals surface area contributed by atoms with Crippen molar-refractivity contribution >= 4 is 41.2 Å². The molecule has 0 unspecified atom stereocenters. The van der Waals surface area contributed by atoms with Gasteiger partial charge in [0.25, 0.3) is 5.91 Å². The number of allylic oxidation sites excluding steroid dienone is 1. The fraction of sp³-hybridized carbons (Fsp3) is 0.148. The monoisotopic (exact) mass is 487 g/mol. The number of carbonyl (C=O) groups is 1. The second-order valence-corrected chi connectivity index (χ2v) is 8.68. The van der Waals surface area contributed by atoms with E-state index >= 15 is 0 Å². The maximum atomic E-state index is 13.2. The van der Waals surface area contributed by atoms with Crippen LogP contribution in [0.5, 0.6) is 11.5 Å². The number of benzene rings is 2. The molecular weight excluding hydrogens is 462 g/mol. The van der Waals surface area contributed by atoms with Gasteiger partial charge in [-0.1, -0.05) is 42.5 Å². The summed E-state index contributed by atoms with van der Waals surface area (Å²) < 4.78 is 10.9. The lowest BCUT2D eigenvalue weighted by Gasteiger charge is -2.12. The number of phenols is 1. The molecule has 7 nitrogen and oxygen atoms in total. The van der Waals surface area contributed by atoms with E-state index in [1.54, 1.807) is 42.8 Å². The molecule has 3 aromatic rings. The van der Waals surface area contributed by atoms with Gasteiger partial charge in [0.15, 0.2) is 16.7 Å². The molecule has 8 heteroatoms. The summed E-state index contributed by atoms with van der Waals surface area (Å²) in [7, 11) is 0. The van der Waals surface area contributed by atoms with Crippen LogP contribution in [0.15, 0.2) is 92.0 Å². The SMILES string of the molecule is CCOc1cc(/C=C2\S/C(=N/N=C\C(C)=C\c3ccccc3)N(Cc3ccco3)C2=O)ccc1O. The van der Waals surface area contributed by atoms with E-state index in [-0.39, 0.29) is 18.2 Å². The van der Waals surface area contributed by atoms with Crippen LogP contribution in [0.3, 0.4) is 0 Å². The van der Waals surface area contributed by atoms with Gasteiger partial charge in [-0.05, 0) is 72.7 Å². The van der Waals surface area contributed by atoms with Crippen molar-refractivity contribution in [3.05, 3.63) is 94.3 Å². The molecule has 1 aromatic heterocycles. The van der Waals surface area contributed by atoms with E-state index in [1.165, 1.54) is 16.7 Å². The summed E-state index contributed by atoms with van der Waals surface area (Å²) in [4.78, 5) is 15.2. The van der Waals surface area contributed by atoms with Gasteiger partial charge in [0.2, 0.25) is 0 Å². The summed E-state index contributed by atoms with van der Waals surface area (Å²) >= 11 is 1.23. The van der Waals surface area contributed by atoms with Crippen LogP contribution in [0.1, 0.15) is 30.7 Å². The molecule has 0 bridgehead atoms. The minimum atomic E-state index is -0.206. The molecule has 35 heavy (non-hydrogen) atoms. The Morgan fingerprint density at radius 2 is 1.97 bits per heavy atom. The molecule has 4 rings (SSSR count). The van der Waals surface area contributed by atoms with Crippen molar-refractivity contribution in [1.29, 1.82) is 0 Å². The fourth-order valence-corrected chi connectivity index (χ4v) is 4.28. The highest BCUT2D eigenvalue weighted by atomic mass is 32.2. The number of rotatable bonds is 8. The molecule has 1 amide bonds. The summed E-state index contributed by atoms with van der Waals surface area (Å²) in [5.41, 5.74) is 2.72. The number of phenolic OH excluding ortho intramolecular Hbond substituents is 1. The molecular formula is C27H25N3O4S. The fourth-order valence-electron chi connectivity index (χ4n) is 3.34. The van der Waals surface area contributed by atoms with Crippen LogP contribution in [0.2, 0.25) is 0 Å². The highest BCUT2D eigenvalue weighted by Crippen LogP contribution is 2.35. The quantitative estimate of drug-likeness (QED) is 0.241. The number of amides is 1. The zero-order chi connectivity index (χ0) is 24.6. The topological polar surface area (TPSA) is 87.6 Å². The number of thioether (sulfide) groups is 1. The van der Waals surface area contributed by atoms with Gasteiger partial charge < -0.3 is 14.3 Å². The number of ether oxygens (including phenoxy) is 1. The van der Waals surface area contributed by atoms with E-state index in [4.69, 9.17) is 9.15 Å². The standard InChI is InChI=1S/C27H25N3O4S/c1-3-33-24-15-21(11-12-23(24)31)16-25-26(32)30(18-22-10-7-13-34-22)27(35-25)29-28-17-19(2)14-20-8-5-4-6-9-20/h4-17,31H,3,18H2,1-2H3/b19-14+,25-16-,28-17-,29-27+. The molecule has 0 atom stereocenters. The van der Waals surface area contributed by atoms with Crippen molar-refractivity contribution in [1.82, 2.24) is 4.90 Å². The van der Waals surface area contributed by atoms with Crippen LogP contribution in [0.25, 0.3) is 12.2 Å². The molecule has 1 fully saturated rings. The Morgan fingerprint density at radius 1 is 1.14 bits per heavy atom. The second-order valence-electron chi connectivity index (χ2n) is 7.67. The average Bonchev–Trinajstić information content (AvgIpc) is 3.46. The molecule has 0 radical (unpaired) electrons. The number of hydrogen-bond donors (Lipinski definition) is 1. The first kappa shape index (κ1) is 24.1. The van der Waals surface area contributed by atoms with Crippen LogP contribution in [-0.2, 0) is 11.3 Å². The number of amidine groups is 1. The Hall–Kier alpha value is -4.04. The maximum absolute atomic E-state index is 13.2. The van der Waals surface area contributed by atoms with Gasteiger partial charge in [0.05, 0.1) is 30.5 Å². The molecule has 1 saturated heterocycles. The summed E-state index contributed by atoms with van der Waals surface area (Å²) in [5.74, 6) is 0.849. The van der Waals surface area contributed by atoms with Crippen LogP contribution < -0.4 is 4.74 Å². The van der Waals surface area contributed by atoms with Crippen molar-refractivity contribution in [2.75, 3.05) is 6.61 Å². The summed E-state index contributed by atoms with van der Waals surface area (Å²) in [6.07, 6.45) is 6.98. The smallest absolute Gasteiger partial charge is 0.267 e. The van der Waals surface area contributed by atoms with E-state index in [9.17, 15) is 9.90 Å². The highest BCUT2D eigenvalue weighted by molar-refractivity contribution is 8.18. The first-order valence-electron chi connectivity index (χ1n) is 11.1. The minimum Gasteiger partial charge on any atom is -0.504 e. The van der Waals surface area contributed by atoms with Crippen molar-refractivity contribution < 1.29 is 19.1 Å². The second kappa shape index (κ2) is 11.4. The highest BCUT2D eigenvalue weighted by Gasteiger charge is 2.34. The van der Waals surface area contributed by atoms with E-state index in [1.807, 2.05) is 56.3 Å². The summed E-state index contributed by atoms with van der Waals surface area (Å²) in [5, 5.41) is 19.0. The molecule has 1 N–H and O–H groups in total. The van der Waals surface area contributed by atoms with Crippen molar-refractivity contribution in [3.8, 4) is 11.5 Å². The molecule has 0 saturated carbocycles. The average molecular weight is 488 g/mol. The molecule has 0 aliphatic carbocycles. The van der Waals surface area contributed by atoms with Gasteiger partial charge in [-0.15, -0.1) is 5.10 Å². The molecule has 0 spiro atoms. The number of carbonyl (C=O) groups excluding carboxylic acids is 1. The van der Waals surface area contributed by atoms with Gasteiger partial charge >= 0.3 is 0 Å². The lowest BCUT2D eigenvalue weighted by Crippen LogP contribution is -2.28. The molecule has 1 aliphatic heterocycles. The van der Waals surface area contributed by atoms with E-state index in [0.29, 0.717) is 28.2 Å². The normalized spacial score (nSPS) is 16.7. The first-order valence-corrected chi connectivity index (χ1v) is 11.9. The lowest BCUT2D eigenvalue weighted by atomic mass is 10.1. The molecule has 2 heterocycles. The van der Waals surface area contributed by atoms with E-state index < -0.39 is 0 Å². The summed E-state index contributed by atoms with van der Waals surface area (Å²) in [6, 6.07) is 18.5. The van der Waals surface area contributed by atoms with E-state index in [2.05, 4.69) is 10.2 Å². The van der Waals surface area contributed by atoms with Crippen LogP contribution >= 0.6 is 11.8 Å².